The van der Waals surface area contributed by atoms with Crippen molar-refractivity contribution in [2.75, 3.05) is 13.1 Å². The zero-order chi connectivity index (χ0) is 13.3. The van der Waals surface area contributed by atoms with Gasteiger partial charge in [-0.05, 0) is 36.5 Å². The van der Waals surface area contributed by atoms with Crippen LogP contribution in [0.3, 0.4) is 0 Å². The van der Waals surface area contributed by atoms with E-state index in [4.69, 9.17) is 11.6 Å². The normalized spacial score (nSPS) is 18.8. The third-order valence-electron chi connectivity index (χ3n) is 3.56. The fourth-order valence-electron chi connectivity index (χ4n) is 2.15. The summed E-state index contributed by atoms with van der Waals surface area (Å²) in [4.78, 5) is 14.3. The van der Waals surface area contributed by atoms with E-state index in [1.54, 1.807) is 12.1 Å². The Morgan fingerprint density at radius 3 is 2.56 bits per heavy atom. The van der Waals surface area contributed by atoms with Crippen LogP contribution in [0.15, 0.2) is 22.7 Å². The Balaban J connectivity index is 2.15. The second kappa shape index (κ2) is 5.22. The van der Waals surface area contributed by atoms with Gasteiger partial charge in [0.2, 0.25) is 0 Å². The van der Waals surface area contributed by atoms with Crippen molar-refractivity contribution in [3.63, 3.8) is 0 Å². The van der Waals surface area contributed by atoms with Gasteiger partial charge in [-0.1, -0.05) is 41.4 Å². The van der Waals surface area contributed by atoms with Gasteiger partial charge in [0.15, 0.2) is 0 Å². The summed E-state index contributed by atoms with van der Waals surface area (Å²) in [6.45, 7) is 6.13. The van der Waals surface area contributed by atoms with E-state index < -0.39 is 0 Å². The molecule has 0 spiro atoms. The molecule has 0 N–H and O–H groups in total. The molecule has 1 heterocycles. The Morgan fingerprint density at radius 1 is 1.33 bits per heavy atom. The zero-order valence-corrected chi connectivity index (χ0v) is 13.0. The highest BCUT2D eigenvalue weighted by Gasteiger charge is 2.29. The highest BCUT2D eigenvalue weighted by molar-refractivity contribution is 9.10. The number of halogens is 2. The smallest absolute Gasteiger partial charge is 0.255 e. The first-order valence-corrected chi connectivity index (χ1v) is 7.30. The molecule has 0 saturated carbocycles. The minimum Gasteiger partial charge on any atom is -0.339 e. The summed E-state index contributed by atoms with van der Waals surface area (Å²) in [5.41, 5.74) is 0.934. The van der Waals surface area contributed by atoms with E-state index in [1.807, 2.05) is 11.0 Å². The van der Waals surface area contributed by atoms with E-state index in [9.17, 15) is 4.79 Å². The maximum absolute atomic E-state index is 12.4. The van der Waals surface area contributed by atoms with E-state index in [1.165, 1.54) is 0 Å². The lowest BCUT2D eigenvalue weighted by atomic mass is 9.82. The molecule has 0 aromatic heterocycles. The average Bonchev–Trinajstić information content (AvgIpc) is 2.31. The van der Waals surface area contributed by atoms with Crippen molar-refractivity contribution in [1.82, 2.24) is 4.90 Å². The van der Waals surface area contributed by atoms with Gasteiger partial charge >= 0.3 is 0 Å². The number of carbonyl (C=O) groups excluding carboxylic acids is 1. The Bertz CT molecular complexity index is 463. The molecule has 18 heavy (non-hydrogen) atoms. The molecule has 1 amide bonds. The molecule has 0 aliphatic carbocycles. The predicted molar refractivity (Wildman–Crippen MR) is 78.1 cm³/mol. The number of benzene rings is 1. The molecule has 0 radical (unpaired) electrons. The van der Waals surface area contributed by atoms with Gasteiger partial charge in [0, 0.05) is 17.6 Å². The van der Waals surface area contributed by atoms with Crippen molar-refractivity contribution >= 4 is 33.4 Å². The van der Waals surface area contributed by atoms with E-state index in [-0.39, 0.29) is 5.91 Å². The van der Waals surface area contributed by atoms with Crippen molar-refractivity contribution in [2.24, 2.45) is 5.41 Å². The zero-order valence-electron chi connectivity index (χ0n) is 10.7. The second-order valence-electron chi connectivity index (χ2n) is 5.58. The number of nitrogens with zero attached hydrogens (tertiary/aromatic N) is 1. The van der Waals surface area contributed by atoms with Gasteiger partial charge in [0.05, 0.1) is 10.6 Å². The molecule has 1 aliphatic rings. The number of carbonyl (C=O) groups is 1. The van der Waals surface area contributed by atoms with Gasteiger partial charge < -0.3 is 4.90 Å². The first kappa shape index (κ1) is 13.9. The maximum Gasteiger partial charge on any atom is 0.255 e. The Labute approximate surface area is 121 Å². The minimum absolute atomic E-state index is 0.0387. The molecule has 0 bridgehead atoms. The topological polar surface area (TPSA) is 20.3 Å². The standard InChI is InChI=1S/C14H17BrClNO/c1-14(2)5-7-17(8-6-14)13(18)11-9-10(15)3-4-12(11)16/h3-4,9H,5-8H2,1-2H3. The number of likely N-dealkylation sites (tertiary alicyclic amines) is 1. The lowest BCUT2D eigenvalue weighted by Gasteiger charge is -2.37. The van der Waals surface area contributed by atoms with Crippen LogP contribution >= 0.6 is 27.5 Å². The van der Waals surface area contributed by atoms with Crippen LogP contribution in [0.2, 0.25) is 5.02 Å². The van der Waals surface area contributed by atoms with Crippen LogP contribution in [0.25, 0.3) is 0 Å². The Morgan fingerprint density at radius 2 is 1.94 bits per heavy atom. The summed E-state index contributed by atoms with van der Waals surface area (Å²) in [6, 6.07) is 5.40. The van der Waals surface area contributed by atoms with Crippen molar-refractivity contribution < 1.29 is 4.79 Å². The van der Waals surface area contributed by atoms with Crippen molar-refractivity contribution in [2.45, 2.75) is 26.7 Å². The predicted octanol–water partition coefficient (Wildman–Crippen LogP) is 4.36. The Kier molecular flexibility index (Phi) is 4.02. The van der Waals surface area contributed by atoms with Crippen LogP contribution in [0.1, 0.15) is 37.0 Å². The van der Waals surface area contributed by atoms with E-state index in [0.29, 0.717) is 16.0 Å². The molecular weight excluding hydrogens is 314 g/mol. The fourth-order valence-corrected chi connectivity index (χ4v) is 2.71. The molecule has 1 fully saturated rings. The summed E-state index contributed by atoms with van der Waals surface area (Å²) in [5.74, 6) is 0.0387. The molecule has 4 heteroatoms. The molecule has 1 saturated heterocycles. The number of rotatable bonds is 1. The summed E-state index contributed by atoms with van der Waals surface area (Å²) in [6.07, 6.45) is 2.09. The molecule has 1 aromatic carbocycles. The summed E-state index contributed by atoms with van der Waals surface area (Å²) >= 11 is 9.48. The average molecular weight is 331 g/mol. The van der Waals surface area contributed by atoms with Gasteiger partial charge in [-0.15, -0.1) is 0 Å². The SMILES string of the molecule is CC1(C)CCN(C(=O)c2cc(Br)ccc2Cl)CC1. The van der Waals surface area contributed by atoms with Gasteiger partial charge in [-0.2, -0.15) is 0 Å². The van der Waals surface area contributed by atoms with Crippen LogP contribution in [0.4, 0.5) is 0 Å². The number of hydrogen-bond acceptors (Lipinski definition) is 1. The highest BCUT2D eigenvalue weighted by atomic mass is 79.9. The van der Waals surface area contributed by atoms with Crippen LogP contribution < -0.4 is 0 Å². The highest BCUT2D eigenvalue weighted by Crippen LogP contribution is 2.31. The molecular formula is C14H17BrClNO. The molecule has 2 rings (SSSR count). The first-order valence-electron chi connectivity index (χ1n) is 6.13. The van der Waals surface area contributed by atoms with E-state index in [2.05, 4.69) is 29.8 Å². The lowest BCUT2D eigenvalue weighted by molar-refractivity contribution is 0.0630. The van der Waals surface area contributed by atoms with Gasteiger partial charge in [0.1, 0.15) is 0 Å². The molecule has 2 nitrogen and oxygen atoms in total. The largest absolute Gasteiger partial charge is 0.339 e. The number of piperidine rings is 1. The summed E-state index contributed by atoms with van der Waals surface area (Å²) in [7, 11) is 0. The first-order chi connectivity index (χ1) is 8.39. The lowest BCUT2D eigenvalue weighted by Crippen LogP contribution is -2.41. The molecule has 0 unspecified atom stereocenters. The fraction of sp³-hybridized carbons (Fsp3) is 0.500. The van der Waals surface area contributed by atoms with Gasteiger partial charge in [-0.25, -0.2) is 0 Å². The van der Waals surface area contributed by atoms with Crippen molar-refractivity contribution in [1.29, 1.82) is 0 Å². The number of hydrogen-bond donors (Lipinski definition) is 0. The second-order valence-corrected chi connectivity index (χ2v) is 6.90. The van der Waals surface area contributed by atoms with Crippen LogP contribution in [-0.4, -0.2) is 23.9 Å². The quantitative estimate of drug-likeness (QED) is 0.749. The summed E-state index contributed by atoms with van der Waals surface area (Å²) < 4.78 is 0.882. The maximum atomic E-state index is 12.4. The van der Waals surface area contributed by atoms with Crippen molar-refractivity contribution in [3.8, 4) is 0 Å². The van der Waals surface area contributed by atoms with E-state index >= 15 is 0 Å². The third-order valence-corrected chi connectivity index (χ3v) is 4.39. The van der Waals surface area contributed by atoms with Crippen LogP contribution in [0.5, 0.6) is 0 Å². The molecule has 98 valence electrons. The molecule has 1 aliphatic heterocycles. The van der Waals surface area contributed by atoms with Crippen LogP contribution in [0, 0.1) is 5.41 Å². The minimum atomic E-state index is 0.0387. The number of amides is 1. The third kappa shape index (κ3) is 3.07. The summed E-state index contributed by atoms with van der Waals surface area (Å²) in [5, 5.41) is 0.521. The van der Waals surface area contributed by atoms with Crippen LogP contribution in [-0.2, 0) is 0 Å². The van der Waals surface area contributed by atoms with Crippen molar-refractivity contribution in [3.05, 3.63) is 33.3 Å². The molecule has 1 aromatic rings. The Hall–Kier alpha value is -0.540. The monoisotopic (exact) mass is 329 g/mol. The van der Waals surface area contributed by atoms with E-state index in [0.717, 1.165) is 30.4 Å². The van der Waals surface area contributed by atoms with Gasteiger partial charge in [-0.3, -0.25) is 4.79 Å². The molecule has 0 atom stereocenters. The van der Waals surface area contributed by atoms with Gasteiger partial charge in [0.25, 0.3) is 5.91 Å².